The molecule has 0 aliphatic rings. The Kier molecular flexibility index (Phi) is 7.36. The Hall–Kier alpha value is 0.684. The number of hydrogen-bond donors (Lipinski definition) is 0. The lowest BCUT2D eigenvalue weighted by Gasteiger charge is -2.49. The van der Waals surface area contributed by atoms with Gasteiger partial charge >= 0.3 is 0 Å². The molecule has 0 aliphatic carbocycles. The monoisotopic (exact) mass is 322 g/mol. The van der Waals surface area contributed by atoms with Gasteiger partial charge in [0, 0.05) is 0 Å². The van der Waals surface area contributed by atoms with Gasteiger partial charge in [0.1, 0.15) is 0 Å². The summed E-state index contributed by atoms with van der Waals surface area (Å²) < 4.78 is 6.98. The summed E-state index contributed by atoms with van der Waals surface area (Å²) in [4.78, 5) is 0. The van der Waals surface area contributed by atoms with Crippen molar-refractivity contribution in [3.63, 3.8) is 0 Å². The second kappa shape index (κ2) is 7.10. The molecule has 0 atom stereocenters. The predicted molar refractivity (Wildman–Crippen MR) is 93.9 cm³/mol. The zero-order valence-corrected chi connectivity index (χ0v) is 17.4. The van der Waals surface area contributed by atoms with E-state index in [1.54, 1.807) is 0 Å². The minimum absolute atomic E-state index is 0.456. The first-order valence-corrected chi connectivity index (χ1v) is 13.0. The van der Waals surface area contributed by atoms with Crippen LogP contribution in [0.4, 0.5) is 0 Å². The van der Waals surface area contributed by atoms with E-state index >= 15 is 0 Å². The predicted octanol–water partition coefficient (Wildman–Crippen LogP) is 6.68. The fourth-order valence-electron chi connectivity index (χ4n) is 3.53. The van der Waals surface area contributed by atoms with Crippen molar-refractivity contribution in [3.8, 4) is 0 Å². The van der Waals surface area contributed by atoms with Crippen molar-refractivity contribution in [1.82, 2.24) is 0 Å². The maximum atomic E-state index is 7.08. The molecule has 0 heterocycles. The fraction of sp³-hybridized carbons (Fsp3) is 1.00. The van der Waals surface area contributed by atoms with Crippen molar-refractivity contribution in [2.45, 2.75) is 96.9 Å². The molecule has 0 aromatic rings. The molecule has 0 saturated heterocycles. The Labute approximate surface area is 128 Å². The Morgan fingerprint density at radius 2 is 0.842 bits per heavy atom. The van der Waals surface area contributed by atoms with E-state index in [4.69, 9.17) is 15.2 Å². The maximum Gasteiger partial charge on any atom is 0.285 e. The van der Waals surface area contributed by atoms with Crippen LogP contribution in [0, 0.1) is 0 Å². The smallest absolute Gasteiger partial charge is 0.285 e. The van der Waals surface area contributed by atoms with Gasteiger partial charge in [0.05, 0.1) is 0 Å². The molecule has 0 N–H and O–H groups in total. The molecular formula is C15H35ClOSi2. The van der Waals surface area contributed by atoms with Crippen molar-refractivity contribution in [1.29, 1.82) is 0 Å². The van der Waals surface area contributed by atoms with Gasteiger partial charge in [0.2, 0.25) is 0 Å². The van der Waals surface area contributed by atoms with Gasteiger partial charge in [-0.05, 0) is 27.7 Å². The van der Waals surface area contributed by atoms with Crippen molar-refractivity contribution in [2.24, 2.45) is 0 Å². The standard InChI is InChI=1S/C15H35ClOSi2/c1-11(2)18(12(3)4,13(5)6)17-19(16,14(7)8)15(9)10/h11-15H,1-10H3. The fourth-order valence-corrected chi connectivity index (χ4v) is 16.9. The summed E-state index contributed by atoms with van der Waals surface area (Å²) in [6.07, 6.45) is 0. The van der Waals surface area contributed by atoms with Gasteiger partial charge in [0.15, 0.2) is 8.32 Å². The summed E-state index contributed by atoms with van der Waals surface area (Å²) in [5, 5.41) is 0. The first-order valence-electron chi connectivity index (χ1n) is 7.81. The van der Waals surface area contributed by atoms with Crippen molar-refractivity contribution >= 4 is 27.0 Å². The van der Waals surface area contributed by atoms with Crippen LogP contribution >= 0.6 is 11.1 Å². The van der Waals surface area contributed by atoms with Crippen LogP contribution in [0.25, 0.3) is 0 Å². The molecule has 19 heavy (non-hydrogen) atoms. The van der Waals surface area contributed by atoms with Crippen LogP contribution < -0.4 is 0 Å². The molecule has 0 spiro atoms. The van der Waals surface area contributed by atoms with Gasteiger partial charge in [0.25, 0.3) is 7.63 Å². The summed E-state index contributed by atoms with van der Waals surface area (Å²) in [7, 11) is -4.05. The van der Waals surface area contributed by atoms with Gasteiger partial charge in [-0.15, -0.1) is 11.1 Å². The van der Waals surface area contributed by atoms with Crippen molar-refractivity contribution < 1.29 is 4.12 Å². The largest absolute Gasteiger partial charge is 0.443 e. The molecule has 4 heteroatoms. The second-order valence-electron chi connectivity index (χ2n) is 7.43. The number of hydrogen-bond acceptors (Lipinski definition) is 1. The summed E-state index contributed by atoms with van der Waals surface area (Å²) >= 11 is 7.08. The average Bonchev–Trinajstić information content (AvgIpc) is 2.23. The molecule has 0 unspecified atom stereocenters. The molecule has 0 aromatic carbocycles. The third-order valence-electron chi connectivity index (χ3n) is 4.61. The van der Waals surface area contributed by atoms with Crippen LogP contribution in [0.2, 0.25) is 27.7 Å². The minimum Gasteiger partial charge on any atom is -0.443 e. The second-order valence-corrected chi connectivity index (χ2v) is 18.9. The topological polar surface area (TPSA) is 9.23 Å². The molecule has 0 bridgehead atoms. The van der Waals surface area contributed by atoms with Crippen molar-refractivity contribution in [3.05, 3.63) is 0 Å². The normalized spacial score (nSPS) is 14.5. The van der Waals surface area contributed by atoms with Gasteiger partial charge < -0.3 is 4.12 Å². The van der Waals surface area contributed by atoms with E-state index in [9.17, 15) is 0 Å². The van der Waals surface area contributed by atoms with Crippen LogP contribution in [0.1, 0.15) is 69.2 Å². The average molecular weight is 323 g/mol. The van der Waals surface area contributed by atoms with E-state index in [1.165, 1.54) is 0 Å². The molecule has 0 amide bonds. The van der Waals surface area contributed by atoms with E-state index in [-0.39, 0.29) is 0 Å². The van der Waals surface area contributed by atoms with Crippen LogP contribution in [0.5, 0.6) is 0 Å². The Balaban J connectivity index is 5.66. The lowest BCUT2D eigenvalue weighted by molar-refractivity contribution is 0.458. The van der Waals surface area contributed by atoms with Crippen LogP contribution in [-0.4, -0.2) is 15.9 Å². The Morgan fingerprint density at radius 1 is 0.579 bits per heavy atom. The highest BCUT2D eigenvalue weighted by atomic mass is 35.6. The van der Waals surface area contributed by atoms with E-state index in [1.807, 2.05) is 0 Å². The molecule has 1 nitrogen and oxygen atoms in total. The lowest BCUT2D eigenvalue weighted by Crippen LogP contribution is -2.57. The highest BCUT2D eigenvalue weighted by molar-refractivity contribution is 7.20. The molecule has 0 rings (SSSR count). The van der Waals surface area contributed by atoms with Crippen LogP contribution in [0.3, 0.4) is 0 Å². The summed E-state index contributed by atoms with van der Waals surface area (Å²) in [6, 6.07) is 0. The van der Waals surface area contributed by atoms with E-state index in [0.29, 0.717) is 27.7 Å². The molecule has 0 saturated carbocycles. The van der Waals surface area contributed by atoms with Gasteiger partial charge in [-0.25, -0.2) is 0 Å². The van der Waals surface area contributed by atoms with Gasteiger partial charge in [-0.1, -0.05) is 69.2 Å². The maximum absolute atomic E-state index is 7.08. The molecular weight excluding hydrogens is 288 g/mol. The molecule has 0 aromatic heterocycles. The summed E-state index contributed by atoms with van der Waals surface area (Å²) in [5.41, 5.74) is 2.73. The van der Waals surface area contributed by atoms with Gasteiger partial charge in [-0.2, -0.15) is 0 Å². The molecule has 0 radical (unpaired) electrons. The van der Waals surface area contributed by atoms with Crippen LogP contribution in [-0.2, 0) is 4.12 Å². The van der Waals surface area contributed by atoms with Crippen LogP contribution in [0.15, 0.2) is 0 Å². The first-order chi connectivity index (χ1) is 8.42. The van der Waals surface area contributed by atoms with E-state index in [0.717, 1.165) is 0 Å². The molecule has 116 valence electrons. The highest BCUT2D eigenvalue weighted by Crippen LogP contribution is 2.49. The summed E-state index contributed by atoms with van der Waals surface area (Å²) in [6.45, 7) is 22.9. The molecule has 0 fully saturated rings. The lowest BCUT2D eigenvalue weighted by atomic mass is 10.5. The van der Waals surface area contributed by atoms with E-state index in [2.05, 4.69) is 69.2 Å². The van der Waals surface area contributed by atoms with Gasteiger partial charge in [-0.3, -0.25) is 0 Å². The first kappa shape index (κ1) is 19.7. The zero-order valence-electron chi connectivity index (χ0n) is 14.7. The number of halogens is 1. The highest BCUT2D eigenvalue weighted by Gasteiger charge is 2.53. The SMILES string of the molecule is CC(C)[Si](Cl)(O[Si](C(C)C)(C(C)C)C(C)C)C(C)C. The van der Waals surface area contributed by atoms with Crippen molar-refractivity contribution in [2.75, 3.05) is 0 Å². The molecule has 0 aliphatic heterocycles. The zero-order chi connectivity index (χ0) is 15.6. The quantitative estimate of drug-likeness (QED) is 0.375. The number of rotatable bonds is 7. The third-order valence-corrected chi connectivity index (χ3v) is 19.2. The Morgan fingerprint density at radius 3 is 1.00 bits per heavy atom. The summed E-state index contributed by atoms with van der Waals surface area (Å²) in [5.74, 6) is 0. The van der Waals surface area contributed by atoms with E-state index < -0.39 is 15.9 Å². The minimum atomic E-state index is -2.19. The Bertz CT molecular complexity index is 246. The third kappa shape index (κ3) is 3.86.